The summed E-state index contributed by atoms with van der Waals surface area (Å²) >= 11 is 0. The molecule has 0 aliphatic carbocycles. The summed E-state index contributed by atoms with van der Waals surface area (Å²) in [7, 11) is 0. The largest absolute Gasteiger partial charge is 0.507 e. The van der Waals surface area contributed by atoms with E-state index >= 15 is 0 Å². The number of aromatic carboxylic acids is 1. The molecule has 0 amide bonds. The van der Waals surface area contributed by atoms with Crippen molar-refractivity contribution in [1.82, 2.24) is 0 Å². The van der Waals surface area contributed by atoms with Crippen molar-refractivity contribution in [2.45, 2.75) is 6.92 Å². The molecular weight excluding hydrogens is 184 g/mol. The van der Waals surface area contributed by atoms with Crippen LogP contribution >= 0.6 is 0 Å². The Hall–Kier alpha value is -1.97. The van der Waals surface area contributed by atoms with Crippen LogP contribution in [-0.4, -0.2) is 16.2 Å². The van der Waals surface area contributed by atoms with Crippen LogP contribution in [0.5, 0.6) is 5.75 Å². The first-order valence-corrected chi connectivity index (χ1v) is 4.05. The zero-order valence-electron chi connectivity index (χ0n) is 7.44. The zero-order valence-corrected chi connectivity index (χ0v) is 7.44. The van der Waals surface area contributed by atoms with Crippen molar-refractivity contribution in [2.75, 3.05) is 0 Å². The zero-order chi connectivity index (χ0) is 10.3. The fourth-order valence-corrected chi connectivity index (χ4v) is 1.45. The van der Waals surface area contributed by atoms with Gasteiger partial charge in [0.1, 0.15) is 22.7 Å². The lowest BCUT2D eigenvalue weighted by molar-refractivity contribution is 0.0696. The number of carboxylic acids is 1. The van der Waals surface area contributed by atoms with Gasteiger partial charge in [0.05, 0.1) is 0 Å². The number of fused-ring (bicyclic) bond motifs is 1. The van der Waals surface area contributed by atoms with E-state index in [1.54, 1.807) is 19.1 Å². The normalized spacial score (nSPS) is 10.6. The van der Waals surface area contributed by atoms with Crippen molar-refractivity contribution in [3.63, 3.8) is 0 Å². The molecular formula is C10H8O4. The summed E-state index contributed by atoms with van der Waals surface area (Å²) in [5.41, 5.74) is 0.358. The number of benzene rings is 1. The van der Waals surface area contributed by atoms with Crippen LogP contribution < -0.4 is 0 Å². The van der Waals surface area contributed by atoms with Gasteiger partial charge in [-0.1, -0.05) is 0 Å². The minimum atomic E-state index is -1.16. The number of rotatable bonds is 1. The van der Waals surface area contributed by atoms with Crippen LogP contribution in [0, 0.1) is 6.92 Å². The van der Waals surface area contributed by atoms with Crippen LogP contribution in [0.4, 0.5) is 0 Å². The fourth-order valence-electron chi connectivity index (χ4n) is 1.45. The highest BCUT2D eigenvalue weighted by Gasteiger charge is 2.16. The molecule has 2 rings (SSSR count). The quantitative estimate of drug-likeness (QED) is 0.726. The van der Waals surface area contributed by atoms with Gasteiger partial charge in [0.15, 0.2) is 0 Å². The molecule has 0 aliphatic rings. The molecule has 4 heteroatoms. The number of carbonyl (C=O) groups is 1. The van der Waals surface area contributed by atoms with Crippen LogP contribution in [0.3, 0.4) is 0 Å². The van der Waals surface area contributed by atoms with Gasteiger partial charge in [-0.25, -0.2) is 4.79 Å². The molecule has 0 spiro atoms. The molecule has 0 unspecified atom stereocenters. The summed E-state index contributed by atoms with van der Waals surface area (Å²) < 4.78 is 5.24. The Morgan fingerprint density at radius 3 is 2.79 bits per heavy atom. The second-order valence-electron chi connectivity index (χ2n) is 3.03. The third kappa shape index (κ3) is 1.12. The van der Waals surface area contributed by atoms with Crippen LogP contribution in [0.1, 0.15) is 16.1 Å². The van der Waals surface area contributed by atoms with Gasteiger partial charge in [-0.3, -0.25) is 0 Å². The molecule has 14 heavy (non-hydrogen) atoms. The van der Waals surface area contributed by atoms with E-state index in [2.05, 4.69) is 0 Å². The van der Waals surface area contributed by atoms with Crippen molar-refractivity contribution >= 4 is 16.9 Å². The number of aromatic hydroxyl groups is 1. The topological polar surface area (TPSA) is 70.7 Å². The molecule has 0 bridgehead atoms. The summed E-state index contributed by atoms with van der Waals surface area (Å²) in [5, 5.41) is 18.7. The maximum Gasteiger partial charge on any atom is 0.340 e. The molecule has 4 nitrogen and oxygen atoms in total. The average Bonchev–Trinajstić information content (AvgIpc) is 2.43. The summed E-state index contributed by atoms with van der Waals surface area (Å²) in [6, 6.07) is 4.46. The Balaban J connectivity index is 2.88. The lowest BCUT2D eigenvalue weighted by Crippen LogP contribution is -1.96. The number of hydrogen-bond acceptors (Lipinski definition) is 3. The lowest BCUT2D eigenvalue weighted by atomic mass is 10.1. The summed E-state index contributed by atoms with van der Waals surface area (Å²) in [6.45, 7) is 1.72. The molecule has 1 heterocycles. The Morgan fingerprint density at radius 1 is 1.43 bits per heavy atom. The highest BCUT2D eigenvalue weighted by atomic mass is 16.4. The lowest BCUT2D eigenvalue weighted by Gasteiger charge is -1.98. The Morgan fingerprint density at radius 2 is 2.14 bits per heavy atom. The monoisotopic (exact) mass is 192 g/mol. The van der Waals surface area contributed by atoms with E-state index in [1.165, 1.54) is 6.07 Å². The van der Waals surface area contributed by atoms with E-state index in [0.29, 0.717) is 16.7 Å². The van der Waals surface area contributed by atoms with Gasteiger partial charge >= 0.3 is 5.97 Å². The van der Waals surface area contributed by atoms with Gasteiger partial charge in [0, 0.05) is 5.39 Å². The van der Waals surface area contributed by atoms with Gasteiger partial charge in [-0.15, -0.1) is 0 Å². The Bertz CT molecular complexity index is 510. The predicted octanol–water partition coefficient (Wildman–Crippen LogP) is 2.15. The number of hydrogen-bond donors (Lipinski definition) is 2. The van der Waals surface area contributed by atoms with E-state index in [1.807, 2.05) is 0 Å². The molecule has 2 aromatic rings. The standard InChI is InChI=1S/C10H8O4/c1-5-4-6-8(14-5)3-2-7(11)9(6)10(12)13/h2-4,11H,1H3,(H,12,13). The SMILES string of the molecule is Cc1cc2c(C(=O)O)c(O)ccc2o1. The second-order valence-corrected chi connectivity index (χ2v) is 3.03. The summed E-state index contributed by atoms with van der Waals surface area (Å²) in [5.74, 6) is -0.784. The van der Waals surface area contributed by atoms with Crippen LogP contribution in [0.15, 0.2) is 22.6 Å². The molecule has 0 saturated carbocycles. The summed E-state index contributed by atoms with van der Waals surface area (Å²) in [4.78, 5) is 10.8. The Kier molecular flexibility index (Phi) is 1.70. The van der Waals surface area contributed by atoms with E-state index in [-0.39, 0.29) is 11.3 Å². The van der Waals surface area contributed by atoms with Crippen molar-refractivity contribution < 1.29 is 19.4 Å². The number of phenols is 1. The van der Waals surface area contributed by atoms with E-state index in [9.17, 15) is 9.90 Å². The van der Waals surface area contributed by atoms with E-state index in [0.717, 1.165) is 0 Å². The molecule has 0 aliphatic heterocycles. The van der Waals surface area contributed by atoms with Gasteiger partial charge < -0.3 is 14.6 Å². The van der Waals surface area contributed by atoms with Crippen LogP contribution in [0.25, 0.3) is 11.0 Å². The first kappa shape index (κ1) is 8.62. The van der Waals surface area contributed by atoms with Crippen molar-refractivity contribution in [3.05, 3.63) is 29.5 Å². The second kappa shape index (κ2) is 2.77. The third-order valence-electron chi connectivity index (χ3n) is 2.02. The first-order valence-electron chi connectivity index (χ1n) is 4.05. The highest BCUT2D eigenvalue weighted by Crippen LogP contribution is 2.29. The minimum Gasteiger partial charge on any atom is -0.507 e. The Labute approximate surface area is 79.4 Å². The van der Waals surface area contributed by atoms with E-state index in [4.69, 9.17) is 9.52 Å². The van der Waals surface area contributed by atoms with Crippen molar-refractivity contribution in [1.29, 1.82) is 0 Å². The molecule has 1 aromatic carbocycles. The highest BCUT2D eigenvalue weighted by molar-refractivity contribution is 6.04. The van der Waals surface area contributed by atoms with Crippen molar-refractivity contribution in [2.24, 2.45) is 0 Å². The van der Waals surface area contributed by atoms with Crippen LogP contribution in [-0.2, 0) is 0 Å². The molecule has 2 N–H and O–H groups in total. The fraction of sp³-hybridized carbons (Fsp3) is 0.100. The molecule has 0 radical (unpaired) electrons. The smallest absolute Gasteiger partial charge is 0.340 e. The predicted molar refractivity (Wildman–Crippen MR) is 49.6 cm³/mol. The summed E-state index contributed by atoms with van der Waals surface area (Å²) in [6.07, 6.45) is 0. The first-order chi connectivity index (χ1) is 6.59. The molecule has 0 fully saturated rings. The average molecular weight is 192 g/mol. The molecule has 1 aromatic heterocycles. The van der Waals surface area contributed by atoms with Gasteiger partial charge in [0.2, 0.25) is 0 Å². The van der Waals surface area contributed by atoms with E-state index < -0.39 is 5.97 Å². The number of furan rings is 1. The molecule has 0 saturated heterocycles. The minimum absolute atomic E-state index is 0.112. The van der Waals surface area contributed by atoms with Gasteiger partial charge in [-0.2, -0.15) is 0 Å². The third-order valence-corrected chi connectivity index (χ3v) is 2.02. The number of aryl methyl sites for hydroxylation is 1. The maximum atomic E-state index is 10.8. The van der Waals surface area contributed by atoms with Gasteiger partial charge in [0.25, 0.3) is 0 Å². The van der Waals surface area contributed by atoms with Gasteiger partial charge in [-0.05, 0) is 25.1 Å². The molecule has 72 valence electrons. The number of carboxylic acid groups (broad SMARTS) is 1. The maximum absolute atomic E-state index is 10.8. The van der Waals surface area contributed by atoms with Crippen LogP contribution in [0.2, 0.25) is 0 Å². The molecule has 0 atom stereocenters. The van der Waals surface area contributed by atoms with Crippen molar-refractivity contribution in [3.8, 4) is 5.75 Å².